The molecule has 1 atom stereocenters. The van der Waals surface area contributed by atoms with E-state index in [0.717, 1.165) is 50.3 Å². The van der Waals surface area contributed by atoms with E-state index in [9.17, 15) is 4.39 Å². The van der Waals surface area contributed by atoms with Crippen LogP contribution in [0.4, 0.5) is 4.39 Å². The lowest BCUT2D eigenvalue weighted by atomic mass is 10.00. The largest absolute Gasteiger partial charge is 0.376 e. The molecular weight excluding hydrogens is 423 g/mol. The number of halogens is 1. The topological polar surface area (TPSA) is 35.2 Å². The van der Waals surface area contributed by atoms with Crippen molar-refractivity contribution in [3.63, 3.8) is 0 Å². The van der Waals surface area contributed by atoms with Gasteiger partial charge in [0.25, 0.3) is 0 Å². The Morgan fingerprint density at radius 3 is 2.56 bits per heavy atom. The standard InChI is InChI=1S/C25H27FN4OS/c26-22-10-8-21(9-11-22)24-27-30(25(32)29(24)17-23-7-4-16-31-23)18-28-14-12-20(13-15-28)19-5-2-1-3-6-19/h1-3,5-6,8-12,23H,4,7,13-18H2. The van der Waals surface area contributed by atoms with Crippen LogP contribution in [0.3, 0.4) is 0 Å². The second kappa shape index (κ2) is 9.48. The Morgan fingerprint density at radius 1 is 1.06 bits per heavy atom. The molecule has 0 saturated carbocycles. The molecule has 1 aromatic heterocycles. The first-order valence-corrected chi connectivity index (χ1v) is 11.6. The number of benzene rings is 2. The predicted octanol–water partition coefficient (Wildman–Crippen LogP) is 5.15. The first-order valence-electron chi connectivity index (χ1n) is 11.2. The van der Waals surface area contributed by atoms with Crippen LogP contribution >= 0.6 is 12.2 Å². The fourth-order valence-corrected chi connectivity index (χ4v) is 4.71. The highest BCUT2D eigenvalue weighted by Crippen LogP contribution is 2.24. The van der Waals surface area contributed by atoms with Gasteiger partial charge < -0.3 is 4.74 Å². The van der Waals surface area contributed by atoms with Crippen LogP contribution in [0.1, 0.15) is 24.8 Å². The average molecular weight is 451 g/mol. The van der Waals surface area contributed by atoms with Gasteiger partial charge in [-0.2, -0.15) is 5.10 Å². The zero-order valence-corrected chi connectivity index (χ0v) is 18.8. The van der Waals surface area contributed by atoms with E-state index < -0.39 is 0 Å². The Balaban J connectivity index is 1.38. The van der Waals surface area contributed by atoms with Crippen molar-refractivity contribution in [3.8, 4) is 11.4 Å². The van der Waals surface area contributed by atoms with Crippen molar-refractivity contribution in [2.24, 2.45) is 0 Å². The van der Waals surface area contributed by atoms with Crippen molar-refractivity contribution in [1.82, 2.24) is 19.2 Å². The highest BCUT2D eigenvalue weighted by Gasteiger charge is 2.22. The number of ether oxygens (including phenoxy) is 1. The Bertz CT molecular complexity index is 1150. The average Bonchev–Trinajstić information content (AvgIpc) is 3.45. The van der Waals surface area contributed by atoms with Crippen molar-refractivity contribution in [1.29, 1.82) is 0 Å². The van der Waals surface area contributed by atoms with Crippen LogP contribution in [0.25, 0.3) is 17.0 Å². The molecule has 7 heteroatoms. The fourth-order valence-electron chi connectivity index (χ4n) is 4.45. The van der Waals surface area contributed by atoms with Crippen molar-refractivity contribution in [2.75, 3.05) is 19.7 Å². The van der Waals surface area contributed by atoms with Gasteiger partial charge in [0.05, 0.1) is 19.3 Å². The maximum Gasteiger partial charge on any atom is 0.199 e. The van der Waals surface area contributed by atoms with Gasteiger partial charge in [-0.25, -0.2) is 9.07 Å². The predicted molar refractivity (Wildman–Crippen MR) is 126 cm³/mol. The molecule has 0 spiro atoms. The minimum atomic E-state index is -0.258. The van der Waals surface area contributed by atoms with E-state index >= 15 is 0 Å². The molecular formula is C25H27FN4OS. The second-order valence-electron chi connectivity index (χ2n) is 8.42. The van der Waals surface area contributed by atoms with Gasteiger partial charge >= 0.3 is 0 Å². The third kappa shape index (κ3) is 4.60. The molecule has 32 heavy (non-hydrogen) atoms. The van der Waals surface area contributed by atoms with Crippen LogP contribution in [-0.4, -0.2) is 45.0 Å². The summed E-state index contributed by atoms with van der Waals surface area (Å²) in [7, 11) is 0. The summed E-state index contributed by atoms with van der Waals surface area (Å²) in [4.78, 5) is 2.35. The molecule has 3 heterocycles. The van der Waals surface area contributed by atoms with E-state index in [1.54, 1.807) is 12.1 Å². The molecule has 2 aliphatic rings. The van der Waals surface area contributed by atoms with Gasteiger partial charge in [0, 0.05) is 25.3 Å². The van der Waals surface area contributed by atoms with Crippen LogP contribution in [-0.2, 0) is 18.0 Å². The number of hydrogen-bond acceptors (Lipinski definition) is 4. The third-order valence-corrected chi connectivity index (χ3v) is 6.64. The fraction of sp³-hybridized carbons (Fsp3) is 0.360. The molecule has 166 valence electrons. The first kappa shape index (κ1) is 21.2. The molecule has 0 amide bonds. The lowest BCUT2D eigenvalue weighted by molar-refractivity contribution is 0.0967. The summed E-state index contributed by atoms with van der Waals surface area (Å²) < 4.78 is 24.0. The van der Waals surface area contributed by atoms with Crippen LogP contribution in [0.2, 0.25) is 0 Å². The van der Waals surface area contributed by atoms with Gasteiger partial charge in [0.15, 0.2) is 10.6 Å². The smallest absolute Gasteiger partial charge is 0.199 e. The molecule has 0 N–H and O–H groups in total. The quantitative estimate of drug-likeness (QED) is 0.487. The third-order valence-electron chi connectivity index (χ3n) is 6.21. The molecule has 2 aliphatic heterocycles. The van der Waals surface area contributed by atoms with E-state index in [-0.39, 0.29) is 11.9 Å². The molecule has 2 aromatic carbocycles. The maximum absolute atomic E-state index is 13.5. The Labute approximate surface area is 192 Å². The number of rotatable bonds is 6. The van der Waals surface area contributed by atoms with E-state index in [2.05, 4.69) is 35.2 Å². The molecule has 0 bridgehead atoms. The summed E-state index contributed by atoms with van der Waals surface area (Å²) >= 11 is 5.83. The van der Waals surface area contributed by atoms with Gasteiger partial charge in [-0.1, -0.05) is 36.4 Å². The monoisotopic (exact) mass is 450 g/mol. The SMILES string of the molecule is Fc1ccc(-c2nn(CN3CC=C(c4ccccc4)CC3)c(=S)n2CC2CCCO2)cc1. The molecule has 1 unspecified atom stereocenters. The minimum absolute atomic E-state index is 0.143. The Kier molecular flexibility index (Phi) is 6.30. The zero-order chi connectivity index (χ0) is 21.9. The van der Waals surface area contributed by atoms with Crippen LogP contribution in [0, 0.1) is 10.6 Å². The normalized spacial score (nSPS) is 19.3. The van der Waals surface area contributed by atoms with Crippen LogP contribution in [0.5, 0.6) is 0 Å². The molecule has 1 saturated heterocycles. The molecule has 0 aliphatic carbocycles. The maximum atomic E-state index is 13.5. The van der Waals surface area contributed by atoms with Gasteiger partial charge in [0.1, 0.15) is 5.82 Å². The van der Waals surface area contributed by atoms with E-state index in [0.29, 0.717) is 18.0 Å². The van der Waals surface area contributed by atoms with Crippen molar-refractivity contribution in [2.45, 2.75) is 38.6 Å². The van der Waals surface area contributed by atoms with E-state index in [1.165, 1.54) is 23.3 Å². The van der Waals surface area contributed by atoms with Crippen molar-refractivity contribution < 1.29 is 9.13 Å². The summed E-state index contributed by atoms with van der Waals surface area (Å²) in [6.45, 7) is 3.90. The summed E-state index contributed by atoms with van der Waals surface area (Å²) in [5.41, 5.74) is 3.55. The highest BCUT2D eigenvalue weighted by atomic mass is 32.1. The molecule has 5 rings (SSSR count). The van der Waals surface area contributed by atoms with Gasteiger partial charge in [0.2, 0.25) is 0 Å². The van der Waals surface area contributed by atoms with Crippen molar-refractivity contribution >= 4 is 17.8 Å². The van der Waals surface area contributed by atoms with Crippen molar-refractivity contribution in [3.05, 3.63) is 76.8 Å². The number of aromatic nitrogens is 3. The van der Waals surface area contributed by atoms with Gasteiger partial charge in [-0.05, 0) is 66.9 Å². The van der Waals surface area contributed by atoms with E-state index in [1.807, 2.05) is 15.3 Å². The summed E-state index contributed by atoms with van der Waals surface area (Å²) in [5, 5.41) is 4.86. The molecule has 5 nitrogen and oxygen atoms in total. The Morgan fingerprint density at radius 2 is 1.88 bits per heavy atom. The highest BCUT2D eigenvalue weighted by molar-refractivity contribution is 7.71. The first-order chi connectivity index (χ1) is 15.7. The summed E-state index contributed by atoms with van der Waals surface area (Å²) in [6.07, 6.45) is 5.53. The molecule has 1 fully saturated rings. The summed E-state index contributed by atoms with van der Waals surface area (Å²) in [6, 6.07) is 17.0. The molecule has 3 aromatic rings. The Hall–Kier alpha value is -2.61. The lowest BCUT2D eigenvalue weighted by Crippen LogP contribution is -2.31. The number of nitrogens with zero attached hydrogens (tertiary/aromatic N) is 4. The van der Waals surface area contributed by atoms with E-state index in [4.69, 9.17) is 22.1 Å². The lowest BCUT2D eigenvalue weighted by Gasteiger charge is -2.26. The minimum Gasteiger partial charge on any atom is -0.376 e. The van der Waals surface area contributed by atoms with Crippen LogP contribution < -0.4 is 0 Å². The van der Waals surface area contributed by atoms with Gasteiger partial charge in [-0.15, -0.1) is 0 Å². The zero-order valence-electron chi connectivity index (χ0n) is 18.0. The summed E-state index contributed by atoms with van der Waals surface area (Å²) in [5.74, 6) is 0.509. The molecule has 0 radical (unpaired) electrons. The second-order valence-corrected chi connectivity index (χ2v) is 8.79. The number of hydrogen-bond donors (Lipinski definition) is 0. The van der Waals surface area contributed by atoms with Gasteiger partial charge in [-0.3, -0.25) is 9.47 Å². The van der Waals surface area contributed by atoms with Crippen LogP contribution in [0.15, 0.2) is 60.7 Å².